The van der Waals surface area contributed by atoms with Crippen LogP contribution in [0, 0.1) is 97.2 Å². The molecule has 0 radical (unpaired) electrons. The number of alkyl halides is 9. The number of hydrogen-bond donors (Lipinski definition) is 3. The largest absolute Gasteiger partial charge is 0.504 e. The maximum atomic E-state index is 12.5. The van der Waals surface area contributed by atoms with Crippen molar-refractivity contribution in [3.63, 3.8) is 0 Å². The number of rotatable bonds is 0. The van der Waals surface area contributed by atoms with Crippen molar-refractivity contribution in [3.8, 4) is 0 Å². The second-order valence-electron chi connectivity index (χ2n) is 17.2. The molecule has 16 heteroatoms. The van der Waals surface area contributed by atoms with Crippen LogP contribution >= 0.6 is 0 Å². The van der Waals surface area contributed by atoms with Gasteiger partial charge in [0.2, 0.25) is 17.3 Å². The Balaban J connectivity index is 0.000000208. The molecular formula is C36H45F9O6Yb. The van der Waals surface area contributed by atoms with E-state index in [2.05, 4.69) is 0 Å². The molecule has 3 N–H and O–H groups in total. The molecule has 302 valence electrons. The fourth-order valence-corrected chi connectivity index (χ4v) is 9.88. The third-order valence-electron chi connectivity index (χ3n) is 14.5. The minimum absolute atomic E-state index is 0. The summed E-state index contributed by atoms with van der Waals surface area (Å²) in [6.07, 6.45) is -11.1. The van der Waals surface area contributed by atoms with Gasteiger partial charge >= 0.3 is 18.5 Å². The molecule has 6 fully saturated rings. The number of Topliss-reactive ketones (excluding diaryl/α,β-unsaturated/α-hetero) is 3. The van der Waals surface area contributed by atoms with Gasteiger partial charge in [0.15, 0.2) is 17.3 Å². The van der Waals surface area contributed by atoms with Crippen molar-refractivity contribution in [2.45, 2.75) is 119 Å². The van der Waals surface area contributed by atoms with E-state index in [1.54, 1.807) is 62.3 Å². The molecule has 6 nitrogen and oxygen atoms in total. The minimum atomic E-state index is -4.83. The van der Waals surface area contributed by atoms with E-state index in [0.29, 0.717) is 38.5 Å². The van der Waals surface area contributed by atoms with E-state index in [1.165, 1.54) is 0 Å². The van der Waals surface area contributed by atoms with Gasteiger partial charge in [0.25, 0.3) is 0 Å². The molecule has 6 saturated carbocycles. The van der Waals surface area contributed by atoms with Crippen molar-refractivity contribution >= 4 is 17.3 Å². The number of fused-ring (bicyclic) bond motifs is 6. The second-order valence-corrected chi connectivity index (χ2v) is 17.2. The molecule has 6 aliphatic carbocycles. The molecule has 0 spiro atoms. The molecular weight excluding hydrogens is 872 g/mol. The van der Waals surface area contributed by atoms with E-state index in [-0.39, 0.29) is 46.9 Å². The van der Waals surface area contributed by atoms with Crippen LogP contribution in [0.25, 0.3) is 0 Å². The molecule has 0 amide bonds. The molecule has 0 heterocycles. The van der Waals surface area contributed by atoms with Crippen molar-refractivity contribution in [2.75, 3.05) is 0 Å². The van der Waals surface area contributed by atoms with Crippen LogP contribution in [0.5, 0.6) is 0 Å². The SMILES string of the molecule is CC1(C)C2CC[C@@]1(C)C(=O)/C2=C(/O)C(F)(F)F.CC1(C)C2CC[C@@]1(C)C(=O)/C2=C(/O)C(F)(F)F.CC1(C)C2CC[C@@]1(C)C(=O)/C2=C(\O)C(F)(F)F.[Yb]. The number of aliphatic hydroxyl groups is 3. The number of ketones is 3. The zero-order chi connectivity index (χ0) is 39.7. The van der Waals surface area contributed by atoms with Crippen LogP contribution in [0.2, 0.25) is 0 Å². The summed E-state index contributed by atoms with van der Waals surface area (Å²) in [5.41, 5.74) is -5.08. The van der Waals surface area contributed by atoms with E-state index in [0.717, 1.165) is 0 Å². The van der Waals surface area contributed by atoms with Gasteiger partial charge in [-0.2, -0.15) is 39.5 Å². The zero-order valence-corrected chi connectivity index (χ0v) is 31.9. The smallest absolute Gasteiger partial charge is 0.449 e. The van der Waals surface area contributed by atoms with Gasteiger partial charge < -0.3 is 15.3 Å². The van der Waals surface area contributed by atoms with Crippen molar-refractivity contribution in [1.82, 2.24) is 0 Å². The normalized spacial score (nSPS) is 38.0. The number of aliphatic hydroxyl groups excluding tert-OH is 3. The number of carbonyl (C=O) groups is 3. The zero-order valence-electron chi connectivity index (χ0n) is 30.2. The Morgan fingerprint density at radius 1 is 0.462 bits per heavy atom. The predicted octanol–water partition coefficient (Wildman–Crippen LogP) is 10.2. The summed E-state index contributed by atoms with van der Waals surface area (Å²) < 4.78 is 113. The number of hydrogen-bond acceptors (Lipinski definition) is 6. The first-order chi connectivity index (χ1) is 22.6. The summed E-state index contributed by atoms with van der Waals surface area (Å²) in [7, 11) is 0. The Labute approximate surface area is 335 Å². The summed E-state index contributed by atoms with van der Waals surface area (Å²) in [5.74, 6) is -8.13. The Morgan fingerprint density at radius 2 is 0.635 bits per heavy atom. The summed E-state index contributed by atoms with van der Waals surface area (Å²) >= 11 is 0. The van der Waals surface area contributed by atoms with Crippen molar-refractivity contribution in [1.29, 1.82) is 0 Å². The van der Waals surface area contributed by atoms with Crippen LogP contribution in [-0.4, -0.2) is 51.2 Å². The Kier molecular flexibility index (Phi) is 11.3. The molecule has 6 bridgehead atoms. The van der Waals surface area contributed by atoms with Crippen LogP contribution in [0.4, 0.5) is 39.5 Å². The maximum absolute atomic E-state index is 12.5. The first-order valence-electron chi connectivity index (χ1n) is 16.8. The second kappa shape index (κ2) is 13.0. The number of carbonyl (C=O) groups excluding carboxylic acids is 3. The number of halogens is 9. The molecule has 0 aromatic rings. The number of allylic oxidation sites excluding steroid dienone is 6. The molecule has 0 aromatic heterocycles. The Hall–Kier alpha value is -1.48. The summed E-state index contributed by atoms with van der Waals surface area (Å²) in [4.78, 5) is 36.2. The molecule has 3 unspecified atom stereocenters. The van der Waals surface area contributed by atoms with Crippen LogP contribution in [0.1, 0.15) is 101 Å². The molecule has 0 saturated heterocycles. The van der Waals surface area contributed by atoms with E-state index in [1.807, 2.05) is 0 Å². The van der Waals surface area contributed by atoms with Crippen LogP contribution in [0.3, 0.4) is 0 Å². The average Bonchev–Trinajstić information content (AvgIpc) is 3.59. The maximum Gasteiger partial charge on any atom is 0.449 e. The quantitative estimate of drug-likeness (QED) is 0.127. The first-order valence-corrected chi connectivity index (χ1v) is 16.8. The van der Waals surface area contributed by atoms with Gasteiger partial charge in [-0.15, -0.1) is 0 Å². The van der Waals surface area contributed by atoms with Crippen molar-refractivity contribution < 1.29 is 116 Å². The Morgan fingerprint density at radius 3 is 0.750 bits per heavy atom. The fraction of sp³-hybridized carbons (Fsp3) is 0.750. The molecule has 0 aliphatic heterocycles. The summed E-state index contributed by atoms with van der Waals surface area (Å²) in [6, 6.07) is 0. The van der Waals surface area contributed by atoms with Crippen LogP contribution in [0.15, 0.2) is 34.0 Å². The predicted molar refractivity (Wildman–Crippen MR) is 166 cm³/mol. The van der Waals surface area contributed by atoms with Gasteiger partial charge in [0.1, 0.15) is 0 Å². The fourth-order valence-electron chi connectivity index (χ4n) is 9.88. The topological polar surface area (TPSA) is 112 Å². The first kappa shape index (κ1) is 44.9. The standard InChI is InChI=1S/3C12H15F3O2.Yb/c3*1-10(2)6-4-5-11(10,3)8(16)7(6)9(17)12(13,14)15;/h3*6,17H,4-5H2,1-3H3;/b2*9-7+;9-7-;/t3*6?,11-;/m000./s1. The van der Waals surface area contributed by atoms with Crippen LogP contribution < -0.4 is 0 Å². The van der Waals surface area contributed by atoms with Crippen molar-refractivity contribution in [3.05, 3.63) is 34.0 Å². The van der Waals surface area contributed by atoms with E-state index in [4.69, 9.17) is 0 Å². The van der Waals surface area contributed by atoms with Gasteiger partial charge in [-0.25, -0.2) is 0 Å². The molecule has 0 aromatic carbocycles. The van der Waals surface area contributed by atoms with Gasteiger partial charge in [-0.05, 0) is 72.5 Å². The molecule has 6 aliphatic rings. The van der Waals surface area contributed by atoms with E-state index in [9.17, 15) is 69.2 Å². The van der Waals surface area contributed by atoms with Crippen LogP contribution in [-0.2, 0) is 14.4 Å². The van der Waals surface area contributed by atoms with E-state index < -0.39 is 120 Å². The van der Waals surface area contributed by atoms with Gasteiger partial charge in [-0.1, -0.05) is 62.3 Å². The van der Waals surface area contributed by atoms with Crippen molar-refractivity contribution in [2.24, 2.45) is 50.2 Å². The van der Waals surface area contributed by atoms with Gasteiger partial charge in [-0.3, -0.25) is 14.4 Å². The minimum Gasteiger partial charge on any atom is -0.504 e. The summed E-state index contributed by atoms with van der Waals surface area (Å²) in [5, 5.41) is 27.8. The van der Waals surface area contributed by atoms with Gasteiger partial charge in [0, 0.05) is 79.9 Å². The molecule has 6 rings (SSSR count). The average molecular weight is 918 g/mol. The van der Waals surface area contributed by atoms with E-state index >= 15 is 0 Å². The Bertz CT molecular complexity index is 1460. The third-order valence-corrected chi connectivity index (χ3v) is 14.5. The monoisotopic (exact) mass is 918 g/mol. The van der Waals surface area contributed by atoms with Gasteiger partial charge in [0.05, 0.1) is 0 Å². The molecule has 52 heavy (non-hydrogen) atoms. The third kappa shape index (κ3) is 6.15. The molecule has 6 atom stereocenters. The summed E-state index contributed by atoms with van der Waals surface area (Å²) in [6.45, 7) is 15.9.